The third-order valence-corrected chi connectivity index (χ3v) is 3.59. The van der Waals surface area contributed by atoms with Crippen LogP contribution in [0.5, 0.6) is 0 Å². The second kappa shape index (κ2) is 4.36. The van der Waals surface area contributed by atoms with Crippen molar-refractivity contribution in [2.45, 2.75) is 51.6 Å². The zero-order chi connectivity index (χ0) is 10.8. The molecule has 1 aliphatic rings. The number of benzene rings is 1. The molecule has 0 spiro atoms. The summed E-state index contributed by atoms with van der Waals surface area (Å²) in [5.74, 6) is 0.705. The van der Waals surface area contributed by atoms with E-state index < -0.39 is 0 Å². The quantitative estimate of drug-likeness (QED) is 0.779. The normalized spacial score (nSPS) is 30.7. The highest BCUT2D eigenvalue weighted by atomic mass is 15.0. The van der Waals surface area contributed by atoms with E-state index in [2.05, 4.69) is 50.4 Å². The van der Waals surface area contributed by atoms with Crippen molar-refractivity contribution >= 4 is 0 Å². The van der Waals surface area contributed by atoms with Gasteiger partial charge in [-0.3, -0.25) is 0 Å². The van der Waals surface area contributed by atoms with Gasteiger partial charge in [-0.1, -0.05) is 31.2 Å². The van der Waals surface area contributed by atoms with Crippen LogP contribution in [0.1, 0.15) is 44.2 Å². The Labute approximate surface area is 92.9 Å². The van der Waals surface area contributed by atoms with Crippen LogP contribution in [0, 0.1) is 0 Å². The van der Waals surface area contributed by atoms with Gasteiger partial charge in [0, 0.05) is 18.0 Å². The van der Waals surface area contributed by atoms with E-state index in [-0.39, 0.29) is 0 Å². The molecule has 0 amide bonds. The molecule has 3 atom stereocenters. The third kappa shape index (κ3) is 2.07. The molecule has 0 aromatic heterocycles. The fourth-order valence-corrected chi connectivity index (χ4v) is 2.83. The molecular formula is C14H21N. The molecule has 1 nitrogen and oxygen atoms in total. The molecule has 0 radical (unpaired) electrons. The average molecular weight is 203 g/mol. The van der Waals surface area contributed by atoms with Crippen LogP contribution in [0.4, 0.5) is 0 Å². The van der Waals surface area contributed by atoms with E-state index in [1.165, 1.54) is 12.0 Å². The van der Waals surface area contributed by atoms with Crippen molar-refractivity contribution in [1.29, 1.82) is 0 Å². The Balaban J connectivity index is 2.29. The fourth-order valence-electron chi connectivity index (χ4n) is 2.83. The lowest BCUT2D eigenvalue weighted by Gasteiger charge is -2.18. The van der Waals surface area contributed by atoms with Crippen molar-refractivity contribution in [3.63, 3.8) is 0 Å². The molecular weight excluding hydrogens is 182 g/mol. The first-order valence-corrected chi connectivity index (χ1v) is 6.06. The molecule has 1 heteroatoms. The van der Waals surface area contributed by atoms with Gasteiger partial charge in [-0.15, -0.1) is 0 Å². The molecule has 1 saturated heterocycles. The zero-order valence-electron chi connectivity index (χ0n) is 9.96. The Kier molecular flexibility index (Phi) is 3.11. The van der Waals surface area contributed by atoms with Crippen LogP contribution in [0.25, 0.3) is 0 Å². The first kappa shape index (κ1) is 10.7. The van der Waals surface area contributed by atoms with Crippen LogP contribution in [0.2, 0.25) is 0 Å². The topological polar surface area (TPSA) is 12.0 Å². The number of hydrogen-bond donors (Lipinski definition) is 1. The highest BCUT2D eigenvalue weighted by molar-refractivity contribution is 5.32. The lowest BCUT2D eigenvalue weighted by molar-refractivity contribution is 0.573. The molecule has 1 fully saturated rings. The van der Waals surface area contributed by atoms with Crippen LogP contribution in [-0.4, -0.2) is 12.1 Å². The van der Waals surface area contributed by atoms with Gasteiger partial charge in [0.15, 0.2) is 0 Å². The smallest absolute Gasteiger partial charge is 0.0111 e. The highest BCUT2D eigenvalue weighted by Gasteiger charge is 2.29. The van der Waals surface area contributed by atoms with Crippen LogP contribution >= 0.6 is 0 Å². The van der Waals surface area contributed by atoms with E-state index in [1.54, 1.807) is 5.56 Å². The van der Waals surface area contributed by atoms with Gasteiger partial charge >= 0.3 is 0 Å². The molecule has 82 valence electrons. The lowest BCUT2D eigenvalue weighted by atomic mass is 9.87. The number of rotatable bonds is 2. The van der Waals surface area contributed by atoms with Crippen molar-refractivity contribution in [2.24, 2.45) is 0 Å². The lowest BCUT2D eigenvalue weighted by Crippen LogP contribution is -2.26. The van der Waals surface area contributed by atoms with E-state index >= 15 is 0 Å². The summed E-state index contributed by atoms with van der Waals surface area (Å²) in [4.78, 5) is 0. The van der Waals surface area contributed by atoms with Gasteiger partial charge in [-0.2, -0.15) is 0 Å². The summed E-state index contributed by atoms with van der Waals surface area (Å²) in [5.41, 5.74) is 3.08. The van der Waals surface area contributed by atoms with Gasteiger partial charge in [-0.05, 0) is 37.8 Å². The van der Waals surface area contributed by atoms with Gasteiger partial charge < -0.3 is 5.32 Å². The minimum absolute atomic E-state index is 0.618. The summed E-state index contributed by atoms with van der Waals surface area (Å²) < 4.78 is 0. The minimum atomic E-state index is 0.618. The molecule has 2 rings (SSSR count). The Morgan fingerprint density at radius 3 is 2.60 bits per heavy atom. The van der Waals surface area contributed by atoms with E-state index in [4.69, 9.17) is 0 Å². The van der Waals surface area contributed by atoms with Crippen molar-refractivity contribution < 1.29 is 0 Å². The Morgan fingerprint density at radius 2 is 2.00 bits per heavy atom. The second-order valence-electron chi connectivity index (χ2n) is 4.75. The van der Waals surface area contributed by atoms with Crippen molar-refractivity contribution in [3.05, 3.63) is 35.4 Å². The summed E-state index contributed by atoms with van der Waals surface area (Å²) in [6.07, 6.45) is 2.42. The molecule has 15 heavy (non-hydrogen) atoms. The van der Waals surface area contributed by atoms with E-state index in [9.17, 15) is 0 Å². The predicted molar refractivity (Wildman–Crippen MR) is 65.2 cm³/mol. The zero-order valence-corrected chi connectivity index (χ0v) is 9.96. The average Bonchev–Trinajstić information content (AvgIpc) is 2.57. The first-order valence-electron chi connectivity index (χ1n) is 6.06. The van der Waals surface area contributed by atoms with Crippen molar-refractivity contribution in [1.82, 2.24) is 5.32 Å². The number of nitrogens with one attached hydrogen (secondary N) is 1. The fraction of sp³-hybridized carbons (Fsp3) is 0.571. The molecule has 0 bridgehead atoms. The molecule has 3 unspecified atom stereocenters. The largest absolute Gasteiger partial charge is 0.311 e. The summed E-state index contributed by atoms with van der Waals surface area (Å²) in [5, 5.41) is 3.62. The van der Waals surface area contributed by atoms with Gasteiger partial charge in [-0.25, -0.2) is 0 Å². The Bertz CT molecular complexity index is 332. The van der Waals surface area contributed by atoms with Crippen LogP contribution in [-0.2, 0) is 6.42 Å². The predicted octanol–water partition coefficient (Wildman–Crippen LogP) is 3.10. The van der Waals surface area contributed by atoms with E-state index in [0.29, 0.717) is 18.0 Å². The van der Waals surface area contributed by atoms with Crippen LogP contribution < -0.4 is 5.32 Å². The van der Waals surface area contributed by atoms with Gasteiger partial charge in [0.25, 0.3) is 0 Å². The molecule has 0 saturated carbocycles. The second-order valence-corrected chi connectivity index (χ2v) is 4.75. The molecule has 1 aliphatic heterocycles. The van der Waals surface area contributed by atoms with Gasteiger partial charge in [0.05, 0.1) is 0 Å². The maximum absolute atomic E-state index is 3.62. The summed E-state index contributed by atoms with van der Waals surface area (Å²) >= 11 is 0. The molecule has 0 aliphatic carbocycles. The number of hydrogen-bond acceptors (Lipinski definition) is 1. The van der Waals surface area contributed by atoms with Gasteiger partial charge in [0.1, 0.15) is 0 Å². The maximum Gasteiger partial charge on any atom is 0.0111 e. The van der Waals surface area contributed by atoms with E-state index in [1.807, 2.05) is 0 Å². The SMILES string of the molecule is CCc1ccccc1C1CC(C)NC1C. The molecule has 1 aromatic rings. The molecule has 1 N–H and O–H groups in total. The Morgan fingerprint density at radius 1 is 1.27 bits per heavy atom. The van der Waals surface area contributed by atoms with Crippen LogP contribution in [0.15, 0.2) is 24.3 Å². The maximum atomic E-state index is 3.62. The number of aryl methyl sites for hydroxylation is 1. The van der Waals surface area contributed by atoms with Crippen molar-refractivity contribution in [2.75, 3.05) is 0 Å². The summed E-state index contributed by atoms with van der Waals surface area (Å²) in [6.45, 7) is 6.83. The van der Waals surface area contributed by atoms with Crippen molar-refractivity contribution in [3.8, 4) is 0 Å². The Hall–Kier alpha value is -0.820. The molecule has 1 heterocycles. The molecule has 1 aromatic carbocycles. The summed E-state index contributed by atoms with van der Waals surface area (Å²) in [6, 6.07) is 10.2. The van der Waals surface area contributed by atoms with E-state index in [0.717, 1.165) is 6.42 Å². The third-order valence-electron chi connectivity index (χ3n) is 3.59. The standard InChI is InChI=1S/C14H21N/c1-4-12-7-5-6-8-13(12)14-9-10(2)15-11(14)3/h5-8,10-11,14-15H,4,9H2,1-3H3. The highest BCUT2D eigenvalue weighted by Crippen LogP contribution is 2.32. The monoisotopic (exact) mass is 203 g/mol. The van der Waals surface area contributed by atoms with Gasteiger partial charge in [0.2, 0.25) is 0 Å². The minimum Gasteiger partial charge on any atom is -0.311 e. The van der Waals surface area contributed by atoms with Crippen LogP contribution in [0.3, 0.4) is 0 Å². The first-order chi connectivity index (χ1) is 7.22. The summed E-state index contributed by atoms with van der Waals surface area (Å²) in [7, 11) is 0.